The molecule has 1 aromatic rings. The first-order chi connectivity index (χ1) is 9.25. The SMILES string of the molecule is CC1=C=C=C(S(=O)(=O)S(=O)(=O)c2ccc(C)cc2)C=C1. The molecule has 0 radical (unpaired) electrons. The van der Waals surface area contributed by atoms with Gasteiger partial charge in [-0.05, 0) is 49.4 Å². The predicted octanol–water partition coefficient (Wildman–Crippen LogP) is 2.25. The number of rotatable bonds is 3. The maximum absolute atomic E-state index is 12.2. The lowest BCUT2D eigenvalue weighted by Crippen LogP contribution is -2.17. The molecule has 0 aromatic heterocycles. The van der Waals surface area contributed by atoms with Crippen LogP contribution >= 0.6 is 0 Å². The van der Waals surface area contributed by atoms with Crippen molar-refractivity contribution >= 4 is 17.7 Å². The minimum atomic E-state index is -4.54. The third kappa shape index (κ3) is 2.42. The van der Waals surface area contributed by atoms with Gasteiger partial charge in [0.2, 0.25) is 0 Å². The van der Waals surface area contributed by atoms with Crippen LogP contribution in [0.2, 0.25) is 0 Å². The van der Waals surface area contributed by atoms with Crippen LogP contribution in [0.15, 0.2) is 63.3 Å². The zero-order valence-electron chi connectivity index (χ0n) is 10.9. The molecule has 0 unspecified atom stereocenters. The van der Waals surface area contributed by atoms with Crippen molar-refractivity contribution in [3.05, 3.63) is 63.9 Å². The summed E-state index contributed by atoms with van der Waals surface area (Å²) in [5.41, 5.74) is 6.46. The van der Waals surface area contributed by atoms with Gasteiger partial charge in [-0.3, -0.25) is 0 Å². The Morgan fingerprint density at radius 1 is 0.800 bits per heavy atom. The van der Waals surface area contributed by atoms with Gasteiger partial charge >= 0.3 is 0 Å². The Balaban J connectivity index is 2.64. The van der Waals surface area contributed by atoms with E-state index in [4.69, 9.17) is 0 Å². The average Bonchev–Trinajstić information content (AvgIpc) is 2.39. The van der Waals surface area contributed by atoms with Crippen molar-refractivity contribution in [2.24, 2.45) is 0 Å². The van der Waals surface area contributed by atoms with Gasteiger partial charge in [0.25, 0.3) is 17.7 Å². The van der Waals surface area contributed by atoms with Crippen LogP contribution < -0.4 is 0 Å². The fraction of sp³-hybridized carbons (Fsp3) is 0.143. The summed E-state index contributed by atoms with van der Waals surface area (Å²) in [6, 6.07) is 5.65. The first-order valence-corrected chi connectivity index (χ1v) is 9.21. The number of benzene rings is 1. The third-order valence-corrected chi connectivity index (χ3v) is 7.79. The van der Waals surface area contributed by atoms with Crippen LogP contribution in [-0.2, 0) is 17.7 Å². The van der Waals surface area contributed by atoms with E-state index in [1.807, 2.05) is 0 Å². The molecular weight excluding hydrogens is 296 g/mol. The van der Waals surface area contributed by atoms with Crippen molar-refractivity contribution in [3.8, 4) is 0 Å². The third-order valence-electron chi connectivity index (χ3n) is 2.74. The fourth-order valence-electron chi connectivity index (χ4n) is 1.54. The largest absolute Gasteiger partial charge is 0.294 e. The minimum Gasteiger partial charge on any atom is -0.207 e. The van der Waals surface area contributed by atoms with E-state index in [0.717, 1.165) is 5.56 Å². The van der Waals surface area contributed by atoms with E-state index in [0.29, 0.717) is 5.57 Å². The van der Waals surface area contributed by atoms with E-state index >= 15 is 0 Å². The molecule has 1 aromatic carbocycles. The first kappa shape index (κ1) is 14.6. The molecule has 1 aliphatic carbocycles. The van der Waals surface area contributed by atoms with E-state index in [-0.39, 0.29) is 4.90 Å². The molecule has 104 valence electrons. The monoisotopic (exact) mass is 308 g/mol. The minimum absolute atomic E-state index is 0.253. The second-order valence-corrected chi connectivity index (χ2v) is 9.71. The van der Waals surface area contributed by atoms with Crippen LogP contribution in [0.4, 0.5) is 0 Å². The molecule has 0 bridgehead atoms. The van der Waals surface area contributed by atoms with Gasteiger partial charge in [0.05, 0.1) is 4.90 Å². The second-order valence-electron chi connectivity index (χ2n) is 4.35. The van der Waals surface area contributed by atoms with Gasteiger partial charge in [-0.25, -0.2) is 16.8 Å². The Kier molecular flexibility index (Phi) is 3.59. The summed E-state index contributed by atoms with van der Waals surface area (Å²) >= 11 is 0. The standard InChI is InChI=1S/C14H12O4S2/c1-11-3-7-13(8-4-11)19(15,16)20(17,18)14-9-5-12(2)6-10-14/h3-5,7-9H,1-2H3. The molecule has 0 atom stereocenters. The van der Waals surface area contributed by atoms with Crippen molar-refractivity contribution < 1.29 is 16.8 Å². The van der Waals surface area contributed by atoms with E-state index in [9.17, 15) is 16.8 Å². The highest BCUT2D eigenvalue weighted by Crippen LogP contribution is 2.25. The topological polar surface area (TPSA) is 68.3 Å². The van der Waals surface area contributed by atoms with E-state index < -0.39 is 22.6 Å². The highest BCUT2D eigenvalue weighted by Gasteiger charge is 2.35. The fourth-order valence-corrected chi connectivity index (χ4v) is 5.00. The molecule has 4 nitrogen and oxygen atoms in total. The van der Waals surface area contributed by atoms with Crippen molar-refractivity contribution in [3.63, 3.8) is 0 Å². The molecule has 0 amide bonds. The number of allylic oxidation sites excluding steroid dienone is 3. The molecule has 0 saturated heterocycles. The molecule has 0 N–H and O–H groups in total. The van der Waals surface area contributed by atoms with Crippen molar-refractivity contribution in [1.29, 1.82) is 0 Å². The Labute approximate surface area is 117 Å². The maximum Gasteiger partial charge on any atom is 0.294 e. The second kappa shape index (κ2) is 4.93. The smallest absolute Gasteiger partial charge is 0.207 e. The van der Waals surface area contributed by atoms with Gasteiger partial charge in [0, 0.05) is 0 Å². The lowest BCUT2D eigenvalue weighted by atomic mass is 10.2. The average molecular weight is 308 g/mol. The van der Waals surface area contributed by atoms with Crippen LogP contribution in [0.5, 0.6) is 0 Å². The Bertz CT molecular complexity index is 886. The van der Waals surface area contributed by atoms with Crippen LogP contribution in [0, 0.1) is 6.92 Å². The number of hydrogen-bond donors (Lipinski definition) is 0. The van der Waals surface area contributed by atoms with Crippen molar-refractivity contribution in [2.75, 3.05) is 0 Å². The molecule has 0 aliphatic heterocycles. The Hall–Kier alpha value is -1.84. The molecule has 0 heterocycles. The van der Waals surface area contributed by atoms with E-state index in [1.165, 1.54) is 24.3 Å². The number of hydrogen-bond acceptors (Lipinski definition) is 4. The molecule has 2 rings (SSSR count). The molecule has 1 aliphatic rings. The zero-order chi connectivity index (χ0) is 15.0. The summed E-state index contributed by atoms with van der Waals surface area (Å²) in [6.07, 6.45) is 2.70. The Morgan fingerprint density at radius 2 is 1.40 bits per heavy atom. The van der Waals surface area contributed by atoms with Gasteiger partial charge in [-0.15, -0.1) is 0 Å². The molecule has 20 heavy (non-hydrogen) atoms. The van der Waals surface area contributed by atoms with E-state index in [2.05, 4.69) is 11.5 Å². The first-order valence-electron chi connectivity index (χ1n) is 5.72. The highest BCUT2D eigenvalue weighted by molar-refractivity contribution is 8.68. The van der Waals surface area contributed by atoms with Crippen molar-refractivity contribution in [2.45, 2.75) is 18.7 Å². The summed E-state index contributed by atoms with van der Waals surface area (Å²) in [6.45, 7) is 3.50. The van der Waals surface area contributed by atoms with Gasteiger partial charge in [0.15, 0.2) is 0 Å². The van der Waals surface area contributed by atoms with Crippen LogP contribution in [0.3, 0.4) is 0 Å². The van der Waals surface area contributed by atoms with Crippen molar-refractivity contribution in [1.82, 2.24) is 0 Å². The lowest BCUT2D eigenvalue weighted by molar-refractivity contribution is 0.586. The number of aryl methyl sites for hydroxylation is 1. The summed E-state index contributed by atoms with van der Waals surface area (Å²) < 4.78 is 48.9. The predicted molar refractivity (Wildman–Crippen MR) is 76.2 cm³/mol. The van der Waals surface area contributed by atoms with Crippen LogP contribution in [0.25, 0.3) is 0 Å². The quantitative estimate of drug-likeness (QED) is 0.634. The molecule has 0 saturated carbocycles. The molecule has 6 heteroatoms. The Morgan fingerprint density at radius 3 is 1.90 bits per heavy atom. The molecule has 0 fully saturated rings. The molecule has 0 spiro atoms. The van der Waals surface area contributed by atoms with Gasteiger partial charge in [0.1, 0.15) is 4.91 Å². The summed E-state index contributed by atoms with van der Waals surface area (Å²) in [4.78, 5) is -0.652. The van der Waals surface area contributed by atoms with Crippen LogP contribution in [0.1, 0.15) is 12.5 Å². The lowest BCUT2D eigenvalue weighted by Gasteiger charge is -2.06. The van der Waals surface area contributed by atoms with Gasteiger partial charge < -0.3 is 0 Å². The zero-order valence-corrected chi connectivity index (χ0v) is 12.5. The molecular formula is C14H12O4S2. The maximum atomic E-state index is 12.2. The summed E-state index contributed by atoms with van der Waals surface area (Å²) in [5, 5.41) is 0. The normalized spacial score (nSPS) is 14.9. The summed E-state index contributed by atoms with van der Waals surface area (Å²) in [7, 11) is -9.04. The van der Waals surface area contributed by atoms with Crippen LogP contribution in [-0.4, -0.2) is 16.8 Å². The van der Waals surface area contributed by atoms with Gasteiger partial charge in [-0.2, -0.15) is 0 Å². The highest BCUT2D eigenvalue weighted by atomic mass is 33.2. The summed E-state index contributed by atoms with van der Waals surface area (Å²) in [5.74, 6) is 0. The van der Waals surface area contributed by atoms with Gasteiger partial charge in [-0.1, -0.05) is 23.4 Å². The van der Waals surface area contributed by atoms with E-state index in [1.54, 1.807) is 26.0 Å².